The summed E-state index contributed by atoms with van der Waals surface area (Å²) in [7, 11) is 0.646. The zero-order chi connectivity index (χ0) is 14.3. The van der Waals surface area contributed by atoms with Gasteiger partial charge in [-0.15, -0.1) is 0 Å². The molecule has 0 aliphatic rings. The molecule has 1 rings (SSSR count). The molecular weight excluding hydrogens is 271 g/mol. The number of nitrogens with one attached hydrogen (secondary N) is 2. The second-order valence-corrected chi connectivity index (χ2v) is 5.52. The first-order chi connectivity index (χ1) is 9.03. The molecule has 19 heavy (non-hydrogen) atoms. The smallest absolute Gasteiger partial charge is 0.405 e. The lowest BCUT2D eigenvalue weighted by Gasteiger charge is -2.14. The Balaban J connectivity index is 2.49. The van der Waals surface area contributed by atoms with Gasteiger partial charge in [0.2, 0.25) is 5.91 Å². The third-order valence-corrected chi connectivity index (χ3v) is 3.79. The van der Waals surface area contributed by atoms with Crippen molar-refractivity contribution in [2.24, 2.45) is 0 Å². The zero-order valence-electron chi connectivity index (χ0n) is 11.0. The quantitative estimate of drug-likeness (QED) is 0.742. The first-order valence-electron chi connectivity index (χ1n) is 5.43. The summed E-state index contributed by atoms with van der Waals surface area (Å²) in [6.07, 6.45) is 0. The van der Waals surface area contributed by atoms with Crippen molar-refractivity contribution in [3.05, 3.63) is 24.3 Å². The van der Waals surface area contributed by atoms with E-state index in [1.54, 1.807) is 31.4 Å². The molecule has 0 unspecified atom stereocenters. The minimum Gasteiger partial charge on any atom is -0.497 e. The molecule has 0 saturated carbocycles. The van der Waals surface area contributed by atoms with E-state index in [1.165, 1.54) is 14.2 Å². The number of hydrogen-bond donors (Lipinski definition) is 2. The maximum atomic E-state index is 11.6. The third-order valence-electron chi connectivity index (χ3n) is 2.29. The second-order valence-electron chi connectivity index (χ2n) is 3.47. The van der Waals surface area contributed by atoms with Gasteiger partial charge in [0, 0.05) is 19.9 Å². The lowest BCUT2D eigenvalue weighted by atomic mass is 10.3. The fraction of sp³-hybridized carbons (Fsp3) is 0.364. The molecule has 0 aromatic heterocycles. The maximum Gasteiger partial charge on any atom is 0.405 e. The number of benzene rings is 1. The maximum absolute atomic E-state index is 11.6. The Labute approximate surface area is 111 Å². The normalized spacial score (nSPS) is 11.1. The average Bonchev–Trinajstić information content (AvgIpc) is 2.45. The Hall–Kier alpha value is -1.40. The van der Waals surface area contributed by atoms with Gasteiger partial charge in [0.05, 0.1) is 13.7 Å². The van der Waals surface area contributed by atoms with Crippen molar-refractivity contribution < 1.29 is 23.1 Å². The van der Waals surface area contributed by atoms with Crippen molar-refractivity contribution in [3.63, 3.8) is 0 Å². The van der Waals surface area contributed by atoms with E-state index in [-0.39, 0.29) is 12.5 Å². The highest BCUT2D eigenvalue weighted by Gasteiger charge is 2.21. The van der Waals surface area contributed by atoms with E-state index in [9.17, 15) is 9.36 Å². The van der Waals surface area contributed by atoms with Crippen molar-refractivity contribution in [1.29, 1.82) is 0 Å². The molecule has 106 valence electrons. The fourth-order valence-corrected chi connectivity index (χ4v) is 2.00. The van der Waals surface area contributed by atoms with Gasteiger partial charge in [-0.1, -0.05) is 0 Å². The van der Waals surface area contributed by atoms with Crippen LogP contribution < -0.4 is 15.1 Å². The number of rotatable bonds is 7. The summed E-state index contributed by atoms with van der Waals surface area (Å²) in [5.41, 5.74) is 0.609. The van der Waals surface area contributed by atoms with Crippen LogP contribution in [0, 0.1) is 0 Å². The van der Waals surface area contributed by atoms with Crippen LogP contribution in [0.25, 0.3) is 0 Å². The fourth-order valence-electron chi connectivity index (χ4n) is 1.25. The van der Waals surface area contributed by atoms with Gasteiger partial charge >= 0.3 is 7.75 Å². The standard InChI is InChI=1S/C11H17N2O5P/c1-16-10-6-4-9(5-7-10)13-11(14)8-12-19(15,17-2)18-3/h4-7H,8H2,1-3H3,(H,12,15)(H,13,14). The highest BCUT2D eigenvalue weighted by atomic mass is 31.2. The van der Waals surface area contributed by atoms with Gasteiger partial charge in [-0.3, -0.25) is 4.79 Å². The van der Waals surface area contributed by atoms with Crippen LogP contribution in [0.4, 0.5) is 5.69 Å². The molecule has 0 fully saturated rings. The van der Waals surface area contributed by atoms with Crippen molar-refractivity contribution in [2.45, 2.75) is 0 Å². The zero-order valence-corrected chi connectivity index (χ0v) is 11.9. The van der Waals surface area contributed by atoms with Crippen LogP contribution >= 0.6 is 7.75 Å². The van der Waals surface area contributed by atoms with Crippen molar-refractivity contribution >= 4 is 19.3 Å². The van der Waals surface area contributed by atoms with E-state index < -0.39 is 7.75 Å². The van der Waals surface area contributed by atoms with Crippen LogP contribution in [0.1, 0.15) is 0 Å². The number of ether oxygens (including phenoxy) is 1. The summed E-state index contributed by atoms with van der Waals surface area (Å²) in [6, 6.07) is 6.84. The minimum absolute atomic E-state index is 0.189. The largest absolute Gasteiger partial charge is 0.497 e. The molecule has 0 aliphatic heterocycles. The highest BCUT2D eigenvalue weighted by molar-refractivity contribution is 7.51. The number of carbonyl (C=O) groups is 1. The summed E-state index contributed by atoms with van der Waals surface area (Å²) in [5.74, 6) is 0.332. The lowest BCUT2D eigenvalue weighted by molar-refractivity contribution is -0.115. The first kappa shape index (κ1) is 15.7. The monoisotopic (exact) mass is 288 g/mol. The molecule has 1 aromatic carbocycles. The molecule has 8 heteroatoms. The number of anilines is 1. The molecule has 2 N–H and O–H groups in total. The topological polar surface area (TPSA) is 85.9 Å². The van der Waals surface area contributed by atoms with Crippen LogP contribution in [0.2, 0.25) is 0 Å². The van der Waals surface area contributed by atoms with Crippen LogP contribution in [-0.4, -0.2) is 33.8 Å². The predicted molar refractivity (Wildman–Crippen MR) is 71.3 cm³/mol. The van der Waals surface area contributed by atoms with Gasteiger partial charge < -0.3 is 19.1 Å². The van der Waals surface area contributed by atoms with Gasteiger partial charge in [-0.25, -0.2) is 9.65 Å². The molecule has 0 atom stereocenters. The van der Waals surface area contributed by atoms with Gasteiger partial charge in [-0.05, 0) is 24.3 Å². The summed E-state index contributed by atoms with van der Waals surface area (Å²) < 4.78 is 25.9. The van der Waals surface area contributed by atoms with Crippen molar-refractivity contribution in [3.8, 4) is 5.75 Å². The first-order valence-corrected chi connectivity index (χ1v) is 6.98. The Morgan fingerprint density at radius 2 is 1.74 bits per heavy atom. The molecule has 1 aromatic rings. The Morgan fingerprint density at radius 1 is 1.16 bits per heavy atom. The highest BCUT2D eigenvalue weighted by Crippen LogP contribution is 2.40. The number of hydrogen-bond acceptors (Lipinski definition) is 5. The second kappa shape index (κ2) is 7.25. The van der Waals surface area contributed by atoms with Crippen LogP contribution in [0.15, 0.2) is 24.3 Å². The number of methoxy groups -OCH3 is 1. The van der Waals surface area contributed by atoms with Crippen molar-refractivity contribution in [2.75, 3.05) is 33.2 Å². The molecule has 0 aliphatic carbocycles. The van der Waals surface area contributed by atoms with E-state index in [4.69, 9.17) is 4.74 Å². The lowest BCUT2D eigenvalue weighted by Crippen LogP contribution is -2.27. The molecule has 0 radical (unpaired) electrons. The van der Waals surface area contributed by atoms with E-state index in [0.29, 0.717) is 11.4 Å². The van der Waals surface area contributed by atoms with Crippen molar-refractivity contribution in [1.82, 2.24) is 5.09 Å². The van der Waals surface area contributed by atoms with Crippen LogP contribution in [0.5, 0.6) is 5.75 Å². The number of amides is 1. The molecule has 0 heterocycles. The van der Waals surface area contributed by atoms with Gasteiger partial charge in [0.25, 0.3) is 0 Å². The molecular formula is C11H17N2O5P. The minimum atomic E-state index is -3.38. The van der Waals surface area contributed by atoms with Gasteiger partial charge in [0.15, 0.2) is 0 Å². The summed E-state index contributed by atoms with van der Waals surface area (Å²) in [6.45, 7) is -0.189. The molecule has 0 saturated heterocycles. The van der Waals surface area contributed by atoms with E-state index in [0.717, 1.165) is 0 Å². The van der Waals surface area contributed by atoms with E-state index >= 15 is 0 Å². The Bertz CT molecular complexity index is 455. The van der Waals surface area contributed by atoms with Gasteiger partial charge in [-0.2, -0.15) is 0 Å². The summed E-state index contributed by atoms with van der Waals surface area (Å²) in [5, 5.41) is 5.04. The molecule has 1 amide bonds. The van der Waals surface area contributed by atoms with E-state index in [2.05, 4.69) is 19.5 Å². The SMILES string of the molecule is COc1ccc(NC(=O)CNP(=O)(OC)OC)cc1. The number of carbonyl (C=O) groups excluding carboxylic acids is 1. The molecule has 0 bridgehead atoms. The predicted octanol–water partition coefficient (Wildman–Crippen LogP) is 1.62. The molecule has 0 spiro atoms. The molecule has 7 nitrogen and oxygen atoms in total. The summed E-state index contributed by atoms with van der Waals surface area (Å²) in [4.78, 5) is 11.6. The summed E-state index contributed by atoms with van der Waals surface area (Å²) >= 11 is 0. The Kier molecular flexibility index (Phi) is 5.98. The average molecular weight is 288 g/mol. The Morgan fingerprint density at radius 3 is 2.21 bits per heavy atom. The van der Waals surface area contributed by atoms with Crippen LogP contribution in [-0.2, 0) is 18.4 Å². The van der Waals surface area contributed by atoms with E-state index in [1.807, 2.05) is 0 Å². The third kappa shape index (κ3) is 5.00. The van der Waals surface area contributed by atoms with Crippen LogP contribution in [0.3, 0.4) is 0 Å². The van der Waals surface area contributed by atoms with Gasteiger partial charge in [0.1, 0.15) is 5.75 Å².